The van der Waals surface area contributed by atoms with Gasteiger partial charge in [-0.15, -0.1) is 0 Å². The van der Waals surface area contributed by atoms with Crippen LogP contribution in [0.15, 0.2) is 12.1 Å². The van der Waals surface area contributed by atoms with Crippen molar-refractivity contribution in [1.29, 1.82) is 0 Å². The molecule has 1 unspecified atom stereocenters. The van der Waals surface area contributed by atoms with Crippen molar-refractivity contribution in [1.82, 2.24) is 0 Å². The third kappa shape index (κ3) is 2.60. The molecule has 1 aliphatic rings. The Hall–Kier alpha value is -0.680. The van der Waals surface area contributed by atoms with E-state index in [2.05, 4.69) is 0 Å². The molecule has 6 heteroatoms. The fourth-order valence-corrected chi connectivity index (χ4v) is 2.25. The number of aliphatic hydroxyl groups is 1. The Labute approximate surface area is 110 Å². The van der Waals surface area contributed by atoms with Crippen molar-refractivity contribution < 1.29 is 9.84 Å². The van der Waals surface area contributed by atoms with Crippen LogP contribution in [0.3, 0.4) is 0 Å². The van der Waals surface area contributed by atoms with Gasteiger partial charge in [0, 0.05) is 6.54 Å². The SMILES string of the molecule is Nc1cc(Cl)c(Cl)cc1N1CCOCC1CO. The van der Waals surface area contributed by atoms with Crippen LogP contribution in [0.4, 0.5) is 11.4 Å². The van der Waals surface area contributed by atoms with Crippen LogP contribution in [-0.4, -0.2) is 37.5 Å². The van der Waals surface area contributed by atoms with Crippen LogP contribution >= 0.6 is 23.2 Å². The second-order valence-corrected chi connectivity index (χ2v) is 4.74. The second-order valence-electron chi connectivity index (χ2n) is 3.93. The van der Waals surface area contributed by atoms with Crippen molar-refractivity contribution in [2.75, 3.05) is 37.0 Å². The molecule has 4 nitrogen and oxygen atoms in total. The Balaban J connectivity index is 2.34. The van der Waals surface area contributed by atoms with Gasteiger partial charge in [0.15, 0.2) is 0 Å². The molecule has 0 aromatic heterocycles. The third-order valence-corrected chi connectivity index (χ3v) is 3.54. The molecule has 1 aliphatic heterocycles. The zero-order chi connectivity index (χ0) is 12.4. The van der Waals surface area contributed by atoms with E-state index in [4.69, 9.17) is 33.7 Å². The molecule has 1 aromatic rings. The Morgan fingerprint density at radius 3 is 2.82 bits per heavy atom. The lowest BCUT2D eigenvalue weighted by Gasteiger charge is -2.37. The number of nitrogens with two attached hydrogens (primary N) is 1. The molecule has 94 valence electrons. The molecule has 0 radical (unpaired) electrons. The summed E-state index contributed by atoms with van der Waals surface area (Å²) in [6.45, 7) is 1.78. The minimum Gasteiger partial charge on any atom is -0.397 e. The monoisotopic (exact) mass is 276 g/mol. The second kappa shape index (κ2) is 5.31. The van der Waals surface area contributed by atoms with E-state index in [0.29, 0.717) is 35.5 Å². The Morgan fingerprint density at radius 2 is 2.12 bits per heavy atom. The van der Waals surface area contributed by atoms with Gasteiger partial charge in [-0.05, 0) is 12.1 Å². The van der Waals surface area contributed by atoms with Crippen molar-refractivity contribution in [3.05, 3.63) is 22.2 Å². The van der Waals surface area contributed by atoms with Gasteiger partial charge in [0.05, 0.1) is 47.3 Å². The predicted molar refractivity (Wildman–Crippen MR) is 69.9 cm³/mol. The van der Waals surface area contributed by atoms with Gasteiger partial charge in [-0.3, -0.25) is 0 Å². The number of halogens is 2. The van der Waals surface area contributed by atoms with Crippen LogP contribution in [0.1, 0.15) is 0 Å². The van der Waals surface area contributed by atoms with Crippen molar-refractivity contribution in [2.45, 2.75) is 6.04 Å². The predicted octanol–water partition coefficient (Wildman–Crippen LogP) is 1.77. The Kier molecular flexibility index (Phi) is 3.99. The molecule has 17 heavy (non-hydrogen) atoms. The third-order valence-electron chi connectivity index (χ3n) is 2.82. The number of hydrogen-bond acceptors (Lipinski definition) is 4. The fraction of sp³-hybridized carbons (Fsp3) is 0.455. The van der Waals surface area contributed by atoms with Crippen molar-refractivity contribution in [2.24, 2.45) is 0 Å². The van der Waals surface area contributed by atoms with Crippen LogP contribution in [0.5, 0.6) is 0 Å². The highest BCUT2D eigenvalue weighted by atomic mass is 35.5. The number of nitrogen functional groups attached to an aromatic ring is 1. The highest BCUT2D eigenvalue weighted by Crippen LogP contribution is 2.34. The summed E-state index contributed by atoms with van der Waals surface area (Å²) < 4.78 is 5.32. The molecule has 1 aromatic carbocycles. The highest BCUT2D eigenvalue weighted by molar-refractivity contribution is 6.42. The van der Waals surface area contributed by atoms with Crippen LogP contribution in [-0.2, 0) is 4.74 Å². The van der Waals surface area contributed by atoms with Crippen LogP contribution in [0.2, 0.25) is 10.0 Å². The summed E-state index contributed by atoms with van der Waals surface area (Å²) in [5.74, 6) is 0. The molecule has 3 N–H and O–H groups in total. The molecule has 0 aliphatic carbocycles. The average Bonchev–Trinajstić information content (AvgIpc) is 2.34. The molecule has 0 amide bonds. The molecule has 0 bridgehead atoms. The van der Waals surface area contributed by atoms with E-state index in [1.54, 1.807) is 12.1 Å². The average molecular weight is 277 g/mol. The lowest BCUT2D eigenvalue weighted by molar-refractivity contribution is 0.0728. The summed E-state index contributed by atoms with van der Waals surface area (Å²) in [4.78, 5) is 2.00. The van der Waals surface area contributed by atoms with E-state index in [0.717, 1.165) is 5.69 Å². The van der Waals surface area contributed by atoms with Crippen LogP contribution in [0, 0.1) is 0 Å². The fourth-order valence-electron chi connectivity index (χ4n) is 1.92. The number of anilines is 2. The summed E-state index contributed by atoms with van der Waals surface area (Å²) in [6.07, 6.45) is 0. The molecule has 0 spiro atoms. The van der Waals surface area contributed by atoms with Crippen LogP contribution < -0.4 is 10.6 Å². The van der Waals surface area contributed by atoms with Gasteiger partial charge in [0.2, 0.25) is 0 Å². The van der Waals surface area contributed by atoms with E-state index >= 15 is 0 Å². The standard InChI is InChI=1S/C11H14Cl2N2O2/c12-8-3-10(14)11(4-9(8)13)15-1-2-17-6-7(15)5-16/h3-4,7,16H,1-2,5-6,14H2. The van der Waals surface area contributed by atoms with E-state index in [-0.39, 0.29) is 12.6 Å². The van der Waals surface area contributed by atoms with Gasteiger partial charge in [-0.1, -0.05) is 23.2 Å². The maximum atomic E-state index is 9.32. The van der Waals surface area contributed by atoms with Gasteiger partial charge in [0.1, 0.15) is 0 Å². The number of morpholine rings is 1. The number of benzene rings is 1. The molecular weight excluding hydrogens is 263 g/mol. The molecule has 0 saturated carbocycles. The number of rotatable bonds is 2. The molecule has 1 saturated heterocycles. The topological polar surface area (TPSA) is 58.7 Å². The van der Waals surface area contributed by atoms with Gasteiger partial charge in [-0.25, -0.2) is 0 Å². The van der Waals surface area contributed by atoms with Gasteiger partial charge >= 0.3 is 0 Å². The maximum absolute atomic E-state index is 9.32. The summed E-state index contributed by atoms with van der Waals surface area (Å²) in [7, 11) is 0. The van der Waals surface area contributed by atoms with Crippen molar-refractivity contribution >= 4 is 34.6 Å². The van der Waals surface area contributed by atoms with E-state index in [1.807, 2.05) is 4.90 Å². The zero-order valence-electron chi connectivity index (χ0n) is 9.20. The minimum absolute atomic E-state index is 0.0136. The molecule has 1 fully saturated rings. The van der Waals surface area contributed by atoms with Crippen molar-refractivity contribution in [3.63, 3.8) is 0 Å². The lowest BCUT2D eigenvalue weighted by Crippen LogP contribution is -2.47. The molecule has 1 heterocycles. The maximum Gasteiger partial charge on any atom is 0.0756 e. The summed E-state index contributed by atoms with van der Waals surface area (Å²) in [6, 6.07) is 3.26. The Bertz CT molecular complexity index is 415. The summed E-state index contributed by atoms with van der Waals surface area (Å²) in [5, 5.41) is 10.2. The largest absolute Gasteiger partial charge is 0.397 e. The smallest absolute Gasteiger partial charge is 0.0756 e. The highest BCUT2D eigenvalue weighted by Gasteiger charge is 2.24. The van der Waals surface area contributed by atoms with Crippen LogP contribution in [0.25, 0.3) is 0 Å². The van der Waals surface area contributed by atoms with Gasteiger partial charge in [-0.2, -0.15) is 0 Å². The number of aliphatic hydroxyl groups excluding tert-OH is 1. The molecule has 2 rings (SSSR count). The first kappa shape index (κ1) is 12.8. The molecule has 1 atom stereocenters. The van der Waals surface area contributed by atoms with E-state index in [9.17, 15) is 5.11 Å². The minimum atomic E-state index is -0.0942. The quantitative estimate of drug-likeness (QED) is 0.809. The first-order valence-electron chi connectivity index (χ1n) is 5.33. The number of ether oxygens (including phenoxy) is 1. The number of hydrogen-bond donors (Lipinski definition) is 2. The summed E-state index contributed by atoms with van der Waals surface area (Å²) in [5.41, 5.74) is 7.28. The van der Waals surface area contributed by atoms with Gasteiger partial charge in [0.25, 0.3) is 0 Å². The van der Waals surface area contributed by atoms with E-state index < -0.39 is 0 Å². The Morgan fingerprint density at radius 1 is 1.41 bits per heavy atom. The van der Waals surface area contributed by atoms with E-state index in [1.165, 1.54) is 0 Å². The number of nitrogens with zero attached hydrogens (tertiary/aromatic N) is 1. The first-order chi connectivity index (χ1) is 8.13. The van der Waals surface area contributed by atoms with Crippen molar-refractivity contribution in [3.8, 4) is 0 Å². The molecular formula is C11H14Cl2N2O2. The summed E-state index contributed by atoms with van der Waals surface area (Å²) >= 11 is 11.9. The normalized spacial score (nSPS) is 20.6. The van der Waals surface area contributed by atoms with Gasteiger partial charge < -0.3 is 20.5 Å². The zero-order valence-corrected chi connectivity index (χ0v) is 10.7. The lowest BCUT2D eigenvalue weighted by atomic mass is 10.1. The first-order valence-corrected chi connectivity index (χ1v) is 6.09.